The summed E-state index contributed by atoms with van der Waals surface area (Å²) < 4.78 is 0. The van der Waals surface area contributed by atoms with Gasteiger partial charge in [0.2, 0.25) is 0 Å². The molecule has 0 amide bonds. The highest BCUT2D eigenvalue weighted by molar-refractivity contribution is 7.14. The number of nitriles is 1. The molecule has 2 aromatic rings. The highest BCUT2D eigenvalue weighted by Crippen LogP contribution is 2.35. The molecule has 0 bridgehead atoms. The molecule has 0 saturated heterocycles. The molecule has 0 saturated carbocycles. The zero-order valence-electron chi connectivity index (χ0n) is 15.4. The van der Waals surface area contributed by atoms with Gasteiger partial charge in [0.1, 0.15) is 0 Å². The van der Waals surface area contributed by atoms with Crippen molar-refractivity contribution in [1.82, 2.24) is 4.90 Å². The topological polar surface area (TPSA) is 51.4 Å². The molecule has 1 aliphatic heterocycles. The molecule has 2 heterocycles. The predicted octanol–water partition coefficient (Wildman–Crippen LogP) is 5.36. The Labute approximate surface area is 165 Å². The quantitative estimate of drug-likeness (QED) is 0.784. The predicted molar refractivity (Wildman–Crippen MR) is 116 cm³/mol. The maximum atomic E-state index is 9.43. The van der Waals surface area contributed by atoms with E-state index in [4.69, 9.17) is 0 Å². The Hall–Kier alpha value is -2.84. The zero-order chi connectivity index (χ0) is 19.1. The van der Waals surface area contributed by atoms with E-state index in [2.05, 4.69) is 40.5 Å². The summed E-state index contributed by atoms with van der Waals surface area (Å²) in [4.78, 5) is 8.91. The first-order valence-electron chi connectivity index (χ1n) is 9.16. The number of hydrogen-bond donors (Lipinski definition) is 1. The second-order valence-corrected chi connectivity index (χ2v) is 7.56. The van der Waals surface area contributed by atoms with Gasteiger partial charge in [-0.3, -0.25) is 4.99 Å². The Kier molecular flexibility index (Phi) is 6.45. The SMILES string of the molecule is C=Cc1cc2c(s1)C(=C)N(Cc1ccccc1C#N)CCCCCN=CN2. The van der Waals surface area contributed by atoms with Gasteiger partial charge in [0.05, 0.1) is 28.5 Å². The maximum absolute atomic E-state index is 9.43. The molecule has 0 aliphatic carbocycles. The van der Waals surface area contributed by atoms with E-state index in [-0.39, 0.29) is 0 Å². The van der Waals surface area contributed by atoms with Crippen molar-refractivity contribution in [2.75, 3.05) is 18.4 Å². The van der Waals surface area contributed by atoms with E-state index in [1.165, 1.54) is 0 Å². The number of aliphatic imine (C=N–C) groups is 1. The van der Waals surface area contributed by atoms with Crippen molar-refractivity contribution < 1.29 is 0 Å². The molecule has 0 fully saturated rings. The summed E-state index contributed by atoms with van der Waals surface area (Å²) in [5.41, 5.74) is 3.73. The monoisotopic (exact) mass is 376 g/mol. The number of nitrogens with one attached hydrogen (secondary N) is 1. The van der Waals surface area contributed by atoms with Gasteiger partial charge in [-0.25, -0.2) is 0 Å². The Morgan fingerprint density at radius 3 is 2.96 bits per heavy atom. The van der Waals surface area contributed by atoms with Gasteiger partial charge in [0.15, 0.2) is 0 Å². The molecule has 5 heteroatoms. The molecule has 0 spiro atoms. The molecule has 0 radical (unpaired) electrons. The Morgan fingerprint density at radius 1 is 1.30 bits per heavy atom. The fraction of sp³-hybridized carbons (Fsp3) is 0.273. The largest absolute Gasteiger partial charge is 0.366 e. The Morgan fingerprint density at radius 2 is 2.15 bits per heavy atom. The van der Waals surface area contributed by atoms with Gasteiger partial charge in [0, 0.05) is 30.2 Å². The number of benzene rings is 1. The van der Waals surface area contributed by atoms with E-state index in [0.29, 0.717) is 6.54 Å². The third kappa shape index (κ3) is 4.66. The lowest BCUT2D eigenvalue weighted by Crippen LogP contribution is -2.23. The van der Waals surface area contributed by atoms with Gasteiger partial charge >= 0.3 is 0 Å². The van der Waals surface area contributed by atoms with Crippen LogP contribution >= 0.6 is 11.3 Å². The van der Waals surface area contributed by atoms with Crippen LogP contribution in [0.3, 0.4) is 0 Å². The summed E-state index contributed by atoms with van der Waals surface area (Å²) >= 11 is 1.67. The molecule has 1 aromatic carbocycles. The van der Waals surface area contributed by atoms with Crippen LogP contribution in [0, 0.1) is 11.3 Å². The van der Waals surface area contributed by atoms with Crippen LogP contribution in [-0.2, 0) is 6.54 Å². The second kappa shape index (κ2) is 9.20. The molecular weight excluding hydrogens is 352 g/mol. The highest BCUT2D eigenvalue weighted by Gasteiger charge is 2.18. The molecule has 0 unspecified atom stereocenters. The summed E-state index contributed by atoms with van der Waals surface area (Å²) in [6.45, 7) is 10.7. The van der Waals surface area contributed by atoms with E-state index < -0.39 is 0 Å². The Bertz CT molecular complexity index is 888. The summed E-state index contributed by atoms with van der Waals surface area (Å²) in [7, 11) is 0. The first-order valence-corrected chi connectivity index (χ1v) is 9.98. The van der Waals surface area contributed by atoms with E-state index in [0.717, 1.165) is 64.6 Å². The summed E-state index contributed by atoms with van der Waals surface area (Å²) in [6, 6.07) is 12.2. The summed E-state index contributed by atoms with van der Waals surface area (Å²) in [6.07, 6.45) is 6.91. The van der Waals surface area contributed by atoms with Gasteiger partial charge in [-0.2, -0.15) is 5.26 Å². The summed E-state index contributed by atoms with van der Waals surface area (Å²) in [5, 5.41) is 12.7. The van der Waals surface area contributed by atoms with Gasteiger partial charge in [0.25, 0.3) is 0 Å². The minimum atomic E-state index is 0.678. The maximum Gasteiger partial charge on any atom is 0.0995 e. The molecule has 1 N–H and O–H groups in total. The molecular formula is C22H24N4S. The number of thiophene rings is 1. The Balaban J connectivity index is 1.94. The first-order chi connectivity index (χ1) is 13.2. The van der Waals surface area contributed by atoms with Crippen LogP contribution in [0.2, 0.25) is 0 Å². The molecule has 27 heavy (non-hydrogen) atoms. The lowest BCUT2D eigenvalue weighted by Gasteiger charge is -2.27. The van der Waals surface area contributed by atoms with Crippen molar-refractivity contribution in [3.05, 3.63) is 64.4 Å². The van der Waals surface area contributed by atoms with Crippen LogP contribution in [-0.4, -0.2) is 24.3 Å². The normalized spacial score (nSPS) is 15.1. The molecule has 3 rings (SSSR count). The van der Waals surface area contributed by atoms with Crippen molar-refractivity contribution in [2.24, 2.45) is 4.99 Å². The van der Waals surface area contributed by atoms with Gasteiger partial charge in [-0.05, 0) is 37.0 Å². The van der Waals surface area contributed by atoms with Crippen molar-refractivity contribution in [3.63, 3.8) is 0 Å². The molecule has 1 aliphatic rings. The van der Waals surface area contributed by atoms with Crippen molar-refractivity contribution in [3.8, 4) is 6.07 Å². The third-order valence-corrected chi connectivity index (χ3v) is 5.80. The zero-order valence-corrected chi connectivity index (χ0v) is 16.3. The number of rotatable bonds is 3. The smallest absolute Gasteiger partial charge is 0.0995 e. The number of anilines is 1. The third-order valence-electron chi connectivity index (χ3n) is 4.62. The number of fused-ring (bicyclic) bond motifs is 1. The van der Waals surface area contributed by atoms with E-state index in [1.807, 2.05) is 30.3 Å². The minimum Gasteiger partial charge on any atom is -0.366 e. The van der Waals surface area contributed by atoms with Crippen LogP contribution in [0.1, 0.15) is 40.1 Å². The average molecular weight is 377 g/mol. The highest BCUT2D eigenvalue weighted by atomic mass is 32.1. The van der Waals surface area contributed by atoms with Crippen molar-refractivity contribution >= 4 is 35.1 Å². The lowest BCUT2D eigenvalue weighted by atomic mass is 10.1. The fourth-order valence-electron chi connectivity index (χ4n) is 3.12. The van der Waals surface area contributed by atoms with Gasteiger partial charge < -0.3 is 10.2 Å². The summed E-state index contributed by atoms with van der Waals surface area (Å²) in [5.74, 6) is 0. The molecule has 0 atom stereocenters. The van der Waals surface area contributed by atoms with E-state index >= 15 is 0 Å². The average Bonchev–Trinajstić information content (AvgIpc) is 3.11. The molecule has 4 nitrogen and oxygen atoms in total. The fourth-order valence-corrected chi connectivity index (χ4v) is 4.09. The van der Waals surface area contributed by atoms with E-state index in [9.17, 15) is 5.26 Å². The van der Waals surface area contributed by atoms with E-state index in [1.54, 1.807) is 17.7 Å². The van der Waals surface area contributed by atoms with Crippen LogP contribution < -0.4 is 5.32 Å². The number of nitrogens with zero attached hydrogens (tertiary/aromatic N) is 3. The van der Waals surface area contributed by atoms with Gasteiger partial charge in [-0.15, -0.1) is 11.3 Å². The van der Waals surface area contributed by atoms with Crippen molar-refractivity contribution in [1.29, 1.82) is 5.26 Å². The van der Waals surface area contributed by atoms with Gasteiger partial charge in [-0.1, -0.05) is 37.4 Å². The second-order valence-electron chi connectivity index (χ2n) is 6.47. The van der Waals surface area contributed by atoms with Crippen molar-refractivity contribution in [2.45, 2.75) is 25.8 Å². The van der Waals surface area contributed by atoms with Crippen LogP contribution in [0.25, 0.3) is 11.8 Å². The molecule has 138 valence electrons. The van der Waals surface area contributed by atoms with Crippen LogP contribution in [0.15, 0.2) is 48.5 Å². The minimum absolute atomic E-state index is 0.678. The standard InChI is InChI=1S/C22H24N4S/c1-3-20-13-21-22(27-20)17(2)26(12-8-4-7-11-24-16-25-21)15-19-10-6-5-9-18(19)14-23/h3,5-6,9-10,13,16H,1-2,4,7-8,11-12,15H2,(H,24,25). The van der Waals surface area contributed by atoms with Crippen LogP contribution in [0.4, 0.5) is 5.69 Å². The van der Waals surface area contributed by atoms with Crippen LogP contribution in [0.5, 0.6) is 0 Å². The molecule has 1 aromatic heterocycles. The first kappa shape index (κ1) is 18.9. The lowest BCUT2D eigenvalue weighted by molar-refractivity contribution is 0.378. The number of hydrogen-bond acceptors (Lipinski definition) is 5.